The van der Waals surface area contributed by atoms with E-state index in [0.29, 0.717) is 13.2 Å². The fraction of sp³-hybridized carbons (Fsp3) is 0.857. The van der Waals surface area contributed by atoms with Crippen LogP contribution in [-0.4, -0.2) is 38.3 Å². The monoisotopic (exact) mass is 158 g/mol. The number of likely N-dealkylation sites (N-methyl/N-ethyl adjacent to an activating group) is 1. The first-order valence-corrected chi connectivity index (χ1v) is 3.76. The van der Waals surface area contributed by atoms with E-state index in [0.717, 1.165) is 6.54 Å². The molecule has 0 spiro atoms. The van der Waals surface area contributed by atoms with Crippen molar-refractivity contribution in [3.8, 4) is 0 Å². The van der Waals surface area contributed by atoms with Crippen molar-refractivity contribution in [2.45, 2.75) is 12.5 Å². The van der Waals surface area contributed by atoms with Gasteiger partial charge in [-0.05, 0) is 6.92 Å². The molecule has 0 aliphatic carbocycles. The van der Waals surface area contributed by atoms with Crippen molar-refractivity contribution in [3.63, 3.8) is 0 Å². The third kappa shape index (κ3) is 1.70. The summed E-state index contributed by atoms with van der Waals surface area (Å²) in [6, 6.07) is 0. The van der Waals surface area contributed by atoms with Gasteiger partial charge in [-0.3, -0.25) is 4.79 Å². The maximum absolute atomic E-state index is 11.2. The molecule has 1 atom stereocenters. The van der Waals surface area contributed by atoms with Crippen LogP contribution in [0.2, 0.25) is 0 Å². The highest BCUT2D eigenvalue weighted by Gasteiger charge is 2.34. The third-order valence-electron chi connectivity index (χ3n) is 1.87. The van der Waals surface area contributed by atoms with Crippen LogP contribution in [0.4, 0.5) is 0 Å². The van der Waals surface area contributed by atoms with Crippen molar-refractivity contribution in [2.24, 2.45) is 0 Å². The molecule has 0 saturated carbocycles. The second-order valence-corrected chi connectivity index (χ2v) is 2.84. The number of rotatable bonds is 1. The van der Waals surface area contributed by atoms with Crippen LogP contribution in [0, 0.1) is 0 Å². The van der Waals surface area contributed by atoms with Gasteiger partial charge in [-0.25, -0.2) is 0 Å². The summed E-state index contributed by atoms with van der Waals surface area (Å²) >= 11 is 0. The Balaban J connectivity index is 2.56. The van der Waals surface area contributed by atoms with Gasteiger partial charge >= 0.3 is 0 Å². The Kier molecular flexibility index (Phi) is 2.46. The summed E-state index contributed by atoms with van der Waals surface area (Å²) in [6.07, 6.45) is 0. The van der Waals surface area contributed by atoms with Gasteiger partial charge in [0.2, 0.25) is 0 Å². The second kappa shape index (κ2) is 3.19. The number of amides is 1. The molecule has 0 aromatic rings. The highest BCUT2D eigenvalue weighted by atomic mass is 16.5. The lowest BCUT2D eigenvalue weighted by Gasteiger charge is -2.32. The number of nitrogens with one attached hydrogen (secondary N) is 2. The van der Waals surface area contributed by atoms with Crippen molar-refractivity contribution in [1.29, 1.82) is 0 Å². The maximum atomic E-state index is 11.2. The minimum absolute atomic E-state index is 0.0651. The minimum Gasteiger partial charge on any atom is -0.363 e. The maximum Gasteiger partial charge on any atom is 0.253 e. The number of carbonyl (C=O) groups excluding carboxylic acids is 1. The average Bonchev–Trinajstić information content (AvgIpc) is 2.04. The minimum atomic E-state index is -0.674. The Morgan fingerprint density at radius 1 is 1.73 bits per heavy atom. The van der Waals surface area contributed by atoms with Crippen LogP contribution in [0.25, 0.3) is 0 Å². The van der Waals surface area contributed by atoms with E-state index >= 15 is 0 Å². The van der Waals surface area contributed by atoms with E-state index in [1.54, 1.807) is 14.0 Å². The molecule has 0 bridgehead atoms. The average molecular weight is 158 g/mol. The molecule has 1 rings (SSSR count). The Hall–Kier alpha value is -0.610. The van der Waals surface area contributed by atoms with E-state index in [-0.39, 0.29) is 5.91 Å². The molecule has 1 fully saturated rings. The molecule has 1 saturated heterocycles. The molecule has 0 aromatic carbocycles. The van der Waals surface area contributed by atoms with E-state index in [4.69, 9.17) is 4.74 Å². The fourth-order valence-corrected chi connectivity index (χ4v) is 1.14. The fourth-order valence-electron chi connectivity index (χ4n) is 1.14. The van der Waals surface area contributed by atoms with E-state index in [2.05, 4.69) is 10.6 Å². The topological polar surface area (TPSA) is 50.4 Å². The van der Waals surface area contributed by atoms with Gasteiger partial charge in [0.1, 0.15) is 0 Å². The van der Waals surface area contributed by atoms with Crippen molar-refractivity contribution in [3.05, 3.63) is 0 Å². The van der Waals surface area contributed by atoms with Gasteiger partial charge in [-0.1, -0.05) is 0 Å². The molecule has 0 radical (unpaired) electrons. The first-order chi connectivity index (χ1) is 5.19. The lowest BCUT2D eigenvalue weighted by Crippen LogP contribution is -2.56. The Labute approximate surface area is 66.3 Å². The number of ether oxygens (including phenoxy) is 1. The first-order valence-electron chi connectivity index (χ1n) is 3.76. The normalized spacial score (nSPS) is 31.5. The van der Waals surface area contributed by atoms with Crippen molar-refractivity contribution < 1.29 is 9.53 Å². The van der Waals surface area contributed by atoms with Gasteiger partial charge in [0.25, 0.3) is 5.91 Å². The standard InChI is InChI=1S/C7H14N2O2/c1-7(6(10)8-2)5-9-3-4-11-7/h9H,3-5H2,1-2H3,(H,8,10)/t7-/m0/s1. The van der Waals surface area contributed by atoms with Crippen LogP contribution in [0.1, 0.15) is 6.92 Å². The van der Waals surface area contributed by atoms with Gasteiger partial charge in [0, 0.05) is 20.1 Å². The van der Waals surface area contributed by atoms with E-state index in [1.165, 1.54) is 0 Å². The molecule has 11 heavy (non-hydrogen) atoms. The summed E-state index contributed by atoms with van der Waals surface area (Å²) in [5.74, 6) is -0.0651. The van der Waals surface area contributed by atoms with E-state index in [1.807, 2.05) is 0 Å². The number of morpholine rings is 1. The summed E-state index contributed by atoms with van der Waals surface area (Å²) in [5.41, 5.74) is -0.674. The molecule has 4 nitrogen and oxygen atoms in total. The number of hydrogen-bond acceptors (Lipinski definition) is 3. The van der Waals surface area contributed by atoms with Crippen LogP contribution in [0.5, 0.6) is 0 Å². The Morgan fingerprint density at radius 3 is 2.91 bits per heavy atom. The Morgan fingerprint density at radius 2 is 2.45 bits per heavy atom. The summed E-state index contributed by atoms with van der Waals surface area (Å²) < 4.78 is 5.34. The SMILES string of the molecule is CNC(=O)[C@]1(C)CNCCO1. The van der Waals surface area contributed by atoms with E-state index in [9.17, 15) is 4.79 Å². The van der Waals surface area contributed by atoms with Crippen molar-refractivity contribution in [1.82, 2.24) is 10.6 Å². The van der Waals surface area contributed by atoms with Crippen LogP contribution < -0.4 is 10.6 Å². The number of carbonyl (C=O) groups is 1. The van der Waals surface area contributed by atoms with Crippen LogP contribution in [0.3, 0.4) is 0 Å². The predicted molar refractivity (Wildman–Crippen MR) is 41.3 cm³/mol. The van der Waals surface area contributed by atoms with Gasteiger partial charge in [0.15, 0.2) is 5.60 Å². The number of hydrogen-bond donors (Lipinski definition) is 2. The molecule has 2 N–H and O–H groups in total. The molecule has 0 aromatic heterocycles. The summed E-state index contributed by atoms with van der Waals surface area (Å²) in [7, 11) is 1.62. The summed E-state index contributed by atoms with van der Waals surface area (Å²) in [4.78, 5) is 11.2. The smallest absolute Gasteiger partial charge is 0.253 e. The van der Waals surface area contributed by atoms with Crippen LogP contribution in [-0.2, 0) is 9.53 Å². The van der Waals surface area contributed by atoms with Crippen LogP contribution >= 0.6 is 0 Å². The predicted octanol–water partition coefficient (Wildman–Crippen LogP) is -0.889. The Bertz CT molecular complexity index is 153. The first kappa shape index (κ1) is 8.49. The quantitative estimate of drug-likeness (QED) is 0.520. The van der Waals surface area contributed by atoms with E-state index < -0.39 is 5.60 Å². The molecule has 1 aliphatic rings. The molecular formula is C7H14N2O2. The molecule has 1 aliphatic heterocycles. The highest BCUT2D eigenvalue weighted by molar-refractivity contribution is 5.84. The zero-order valence-electron chi connectivity index (χ0n) is 6.94. The molecule has 64 valence electrons. The molecule has 1 heterocycles. The lowest BCUT2D eigenvalue weighted by atomic mass is 10.1. The van der Waals surface area contributed by atoms with Gasteiger partial charge in [0.05, 0.1) is 6.61 Å². The molecule has 4 heteroatoms. The summed E-state index contributed by atoms with van der Waals surface area (Å²) in [5, 5.41) is 5.68. The summed E-state index contributed by atoms with van der Waals surface area (Å²) in [6.45, 7) is 3.81. The van der Waals surface area contributed by atoms with Crippen molar-refractivity contribution >= 4 is 5.91 Å². The van der Waals surface area contributed by atoms with Crippen molar-refractivity contribution in [2.75, 3.05) is 26.7 Å². The second-order valence-electron chi connectivity index (χ2n) is 2.84. The molecule has 1 amide bonds. The zero-order chi connectivity index (χ0) is 8.32. The van der Waals surface area contributed by atoms with Gasteiger partial charge < -0.3 is 15.4 Å². The highest BCUT2D eigenvalue weighted by Crippen LogP contribution is 2.11. The van der Waals surface area contributed by atoms with Gasteiger partial charge in [-0.15, -0.1) is 0 Å². The lowest BCUT2D eigenvalue weighted by molar-refractivity contribution is -0.147. The van der Waals surface area contributed by atoms with Crippen LogP contribution in [0.15, 0.2) is 0 Å². The molecular weight excluding hydrogens is 144 g/mol. The molecule has 0 unspecified atom stereocenters. The zero-order valence-corrected chi connectivity index (χ0v) is 6.94. The largest absolute Gasteiger partial charge is 0.363 e. The van der Waals surface area contributed by atoms with Gasteiger partial charge in [-0.2, -0.15) is 0 Å². The third-order valence-corrected chi connectivity index (χ3v) is 1.87.